The van der Waals surface area contributed by atoms with Gasteiger partial charge < -0.3 is 5.32 Å². The van der Waals surface area contributed by atoms with Crippen molar-refractivity contribution >= 4 is 0 Å². The maximum absolute atomic E-state index is 13.1. The van der Waals surface area contributed by atoms with Gasteiger partial charge in [0.1, 0.15) is 5.82 Å². The van der Waals surface area contributed by atoms with Gasteiger partial charge in [-0.25, -0.2) is 4.39 Å². The van der Waals surface area contributed by atoms with Crippen molar-refractivity contribution in [2.75, 3.05) is 13.1 Å². The smallest absolute Gasteiger partial charge is 0.123 e. The molecule has 0 spiro atoms. The number of halogens is 1. The zero-order chi connectivity index (χ0) is 13.9. The Labute approximate surface area is 121 Å². The molecule has 0 saturated carbocycles. The SMILES string of the molecule is CC(c1ccc(F)cc1)N1CCCCC1C1CCCN1. The normalized spacial score (nSPS) is 29.5. The van der Waals surface area contributed by atoms with E-state index >= 15 is 0 Å². The Bertz CT molecular complexity index is 425. The van der Waals surface area contributed by atoms with Gasteiger partial charge in [-0.2, -0.15) is 0 Å². The summed E-state index contributed by atoms with van der Waals surface area (Å²) in [5.41, 5.74) is 1.23. The third-order valence-electron chi connectivity index (χ3n) is 5.00. The van der Waals surface area contributed by atoms with Crippen LogP contribution in [0.5, 0.6) is 0 Å². The first-order valence-corrected chi connectivity index (χ1v) is 8.00. The first kappa shape index (κ1) is 14.0. The molecule has 110 valence electrons. The summed E-state index contributed by atoms with van der Waals surface area (Å²) in [6.45, 7) is 4.60. The number of piperidine rings is 1. The molecule has 0 aromatic heterocycles. The molecule has 1 N–H and O–H groups in total. The average Bonchev–Trinajstić information content (AvgIpc) is 3.01. The van der Waals surface area contributed by atoms with Crippen LogP contribution in [0.4, 0.5) is 4.39 Å². The van der Waals surface area contributed by atoms with E-state index in [0.29, 0.717) is 18.1 Å². The molecule has 0 bridgehead atoms. The van der Waals surface area contributed by atoms with E-state index in [2.05, 4.69) is 17.1 Å². The molecule has 20 heavy (non-hydrogen) atoms. The van der Waals surface area contributed by atoms with Gasteiger partial charge in [-0.15, -0.1) is 0 Å². The number of nitrogens with one attached hydrogen (secondary N) is 1. The number of rotatable bonds is 3. The molecule has 3 heteroatoms. The third-order valence-corrected chi connectivity index (χ3v) is 5.00. The number of likely N-dealkylation sites (tertiary alicyclic amines) is 1. The summed E-state index contributed by atoms with van der Waals surface area (Å²) in [6, 6.07) is 8.71. The van der Waals surface area contributed by atoms with Crippen molar-refractivity contribution in [3.8, 4) is 0 Å². The molecule has 2 fully saturated rings. The van der Waals surface area contributed by atoms with Crippen molar-refractivity contribution in [3.05, 3.63) is 35.6 Å². The second-order valence-corrected chi connectivity index (χ2v) is 6.23. The van der Waals surface area contributed by atoms with Gasteiger partial charge >= 0.3 is 0 Å². The number of benzene rings is 1. The van der Waals surface area contributed by atoms with Gasteiger partial charge in [-0.1, -0.05) is 18.6 Å². The van der Waals surface area contributed by atoms with Crippen molar-refractivity contribution in [1.82, 2.24) is 10.2 Å². The van der Waals surface area contributed by atoms with Crippen LogP contribution >= 0.6 is 0 Å². The summed E-state index contributed by atoms with van der Waals surface area (Å²) in [6.07, 6.45) is 6.53. The minimum absolute atomic E-state index is 0.145. The highest BCUT2D eigenvalue weighted by Crippen LogP contribution is 2.31. The summed E-state index contributed by atoms with van der Waals surface area (Å²) in [5, 5.41) is 3.67. The molecule has 3 rings (SSSR count). The Hall–Kier alpha value is -0.930. The van der Waals surface area contributed by atoms with Gasteiger partial charge in [-0.05, 0) is 63.4 Å². The van der Waals surface area contributed by atoms with E-state index in [9.17, 15) is 4.39 Å². The van der Waals surface area contributed by atoms with Crippen LogP contribution in [-0.2, 0) is 0 Å². The lowest BCUT2D eigenvalue weighted by Gasteiger charge is -2.43. The number of hydrogen-bond donors (Lipinski definition) is 1. The topological polar surface area (TPSA) is 15.3 Å². The van der Waals surface area contributed by atoms with E-state index in [1.807, 2.05) is 12.1 Å². The molecule has 2 heterocycles. The van der Waals surface area contributed by atoms with Gasteiger partial charge in [-0.3, -0.25) is 4.90 Å². The lowest BCUT2D eigenvalue weighted by molar-refractivity contribution is 0.0802. The minimum Gasteiger partial charge on any atom is -0.312 e. The van der Waals surface area contributed by atoms with Gasteiger partial charge in [0.25, 0.3) is 0 Å². The molecule has 2 aliphatic heterocycles. The molecular formula is C17H25FN2. The lowest BCUT2D eigenvalue weighted by atomic mass is 9.91. The standard InChI is InChI=1S/C17H25FN2/c1-13(14-7-9-15(18)10-8-14)20-12-3-2-6-17(20)16-5-4-11-19-16/h7-10,13,16-17,19H,2-6,11-12H2,1H3. The van der Waals surface area contributed by atoms with E-state index in [4.69, 9.17) is 0 Å². The molecule has 2 saturated heterocycles. The van der Waals surface area contributed by atoms with Crippen LogP contribution in [0, 0.1) is 5.82 Å². The van der Waals surface area contributed by atoms with Crippen LogP contribution in [0.2, 0.25) is 0 Å². The van der Waals surface area contributed by atoms with Crippen LogP contribution < -0.4 is 5.32 Å². The van der Waals surface area contributed by atoms with Crippen molar-refractivity contribution in [3.63, 3.8) is 0 Å². The predicted molar refractivity (Wildman–Crippen MR) is 80.2 cm³/mol. The molecule has 1 aromatic carbocycles. The van der Waals surface area contributed by atoms with Crippen molar-refractivity contribution < 1.29 is 4.39 Å². The Morgan fingerprint density at radius 2 is 1.95 bits per heavy atom. The van der Waals surface area contributed by atoms with Crippen LogP contribution in [-0.4, -0.2) is 30.1 Å². The summed E-state index contributed by atoms with van der Waals surface area (Å²) < 4.78 is 13.1. The van der Waals surface area contributed by atoms with Gasteiger partial charge in [0.05, 0.1) is 0 Å². The second-order valence-electron chi connectivity index (χ2n) is 6.23. The molecular weight excluding hydrogens is 251 g/mol. The highest BCUT2D eigenvalue weighted by atomic mass is 19.1. The van der Waals surface area contributed by atoms with Crippen LogP contribution in [0.25, 0.3) is 0 Å². The zero-order valence-corrected chi connectivity index (χ0v) is 12.3. The lowest BCUT2D eigenvalue weighted by Crippen LogP contribution is -2.50. The van der Waals surface area contributed by atoms with E-state index < -0.39 is 0 Å². The fourth-order valence-electron chi connectivity index (χ4n) is 3.87. The second kappa shape index (κ2) is 6.23. The highest BCUT2D eigenvalue weighted by Gasteiger charge is 2.34. The van der Waals surface area contributed by atoms with Gasteiger partial charge in [0.15, 0.2) is 0 Å². The molecule has 2 nitrogen and oxygen atoms in total. The Kier molecular flexibility index (Phi) is 4.37. The Morgan fingerprint density at radius 3 is 2.65 bits per heavy atom. The summed E-state index contributed by atoms with van der Waals surface area (Å²) >= 11 is 0. The highest BCUT2D eigenvalue weighted by molar-refractivity contribution is 5.20. The van der Waals surface area contributed by atoms with Crippen LogP contribution in [0.3, 0.4) is 0 Å². The average molecular weight is 276 g/mol. The van der Waals surface area contributed by atoms with E-state index in [1.165, 1.54) is 50.8 Å². The van der Waals surface area contributed by atoms with E-state index in [1.54, 1.807) is 12.1 Å². The van der Waals surface area contributed by atoms with Crippen LogP contribution in [0.1, 0.15) is 50.6 Å². The van der Waals surface area contributed by atoms with E-state index in [-0.39, 0.29) is 5.82 Å². The molecule has 0 amide bonds. The largest absolute Gasteiger partial charge is 0.312 e. The molecule has 3 unspecified atom stereocenters. The maximum atomic E-state index is 13.1. The fourth-order valence-corrected chi connectivity index (χ4v) is 3.87. The maximum Gasteiger partial charge on any atom is 0.123 e. The molecule has 2 aliphatic rings. The Balaban J connectivity index is 1.76. The first-order chi connectivity index (χ1) is 9.75. The number of hydrogen-bond acceptors (Lipinski definition) is 2. The summed E-state index contributed by atoms with van der Waals surface area (Å²) in [5.74, 6) is -0.145. The zero-order valence-electron chi connectivity index (χ0n) is 12.3. The molecule has 0 aliphatic carbocycles. The number of nitrogens with zero attached hydrogens (tertiary/aromatic N) is 1. The van der Waals surface area contributed by atoms with Gasteiger partial charge in [0.2, 0.25) is 0 Å². The fraction of sp³-hybridized carbons (Fsp3) is 0.647. The van der Waals surface area contributed by atoms with E-state index in [0.717, 1.165) is 0 Å². The third kappa shape index (κ3) is 2.89. The van der Waals surface area contributed by atoms with Crippen molar-refractivity contribution in [2.24, 2.45) is 0 Å². The van der Waals surface area contributed by atoms with Gasteiger partial charge in [0, 0.05) is 18.1 Å². The molecule has 3 atom stereocenters. The van der Waals surface area contributed by atoms with Crippen molar-refractivity contribution in [1.29, 1.82) is 0 Å². The first-order valence-electron chi connectivity index (χ1n) is 8.00. The molecule has 1 aromatic rings. The summed E-state index contributed by atoms with van der Waals surface area (Å²) in [4.78, 5) is 2.64. The molecule has 0 radical (unpaired) electrons. The Morgan fingerprint density at radius 1 is 1.15 bits per heavy atom. The summed E-state index contributed by atoms with van der Waals surface area (Å²) in [7, 11) is 0. The minimum atomic E-state index is -0.145. The van der Waals surface area contributed by atoms with Crippen LogP contribution in [0.15, 0.2) is 24.3 Å². The van der Waals surface area contributed by atoms with Crippen molar-refractivity contribution in [2.45, 2.75) is 57.2 Å². The predicted octanol–water partition coefficient (Wildman–Crippen LogP) is 3.49. The quantitative estimate of drug-likeness (QED) is 0.909. The monoisotopic (exact) mass is 276 g/mol.